The van der Waals surface area contributed by atoms with Crippen molar-refractivity contribution in [1.29, 1.82) is 0 Å². The van der Waals surface area contributed by atoms with Crippen molar-refractivity contribution in [3.63, 3.8) is 0 Å². The van der Waals surface area contributed by atoms with Gasteiger partial charge in [-0.1, -0.05) is 22.9 Å². The molecule has 4 aromatic rings. The van der Waals surface area contributed by atoms with Gasteiger partial charge in [0.25, 0.3) is 0 Å². The van der Waals surface area contributed by atoms with E-state index in [1.807, 2.05) is 22.9 Å². The molecule has 0 spiro atoms. The van der Waals surface area contributed by atoms with Gasteiger partial charge in [0.2, 0.25) is 11.8 Å². The van der Waals surface area contributed by atoms with Crippen molar-refractivity contribution >= 4 is 45.6 Å². The molecule has 9 nitrogen and oxygen atoms in total. The van der Waals surface area contributed by atoms with Gasteiger partial charge in [-0.05, 0) is 43.2 Å². The van der Waals surface area contributed by atoms with E-state index in [1.165, 1.54) is 25.4 Å². The van der Waals surface area contributed by atoms with E-state index in [-0.39, 0.29) is 18.4 Å². The minimum absolute atomic E-state index is 0.0503. The minimum Gasteiger partial charge on any atom is -0.375 e. The van der Waals surface area contributed by atoms with E-state index >= 15 is 0 Å². The van der Waals surface area contributed by atoms with Gasteiger partial charge < -0.3 is 15.4 Å². The average molecular weight is 509 g/mol. The zero-order chi connectivity index (χ0) is 24.5. The van der Waals surface area contributed by atoms with Crippen molar-refractivity contribution in [2.75, 3.05) is 24.4 Å². The van der Waals surface area contributed by atoms with Gasteiger partial charge in [-0.2, -0.15) is 5.10 Å². The number of methoxy groups -OCH3 is 1. The summed E-state index contributed by atoms with van der Waals surface area (Å²) in [6.45, 7) is 1.41. The number of nitrogens with zero attached hydrogens (tertiary/aromatic N) is 4. The molecule has 1 aromatic carbocycles. The Hall–Kier alpha value is -3.60. The molecule has 1 aliphatic rings. The Kier molecular flexibility index (Phi) is 6.33. The van der Waals surface area contributed by atoms with Gasteiger partial charge in [-0.25, -0.2) is 9.67 Å². The SMILES string of the molecule is COCC(=O)Nc1ccc(-n2nc(-c3cccnc3)c3c2-c2sc(NC(C)=O)nc2CC3)c(Cl)c1. The van der Waals surface area contributed by atoms with E-state index in [9.17, 15) is 9.59 Å². The first-order valence-electron chi connectivity index (χ1n) is 10.8. The third-order valence-corrected chi connectivity index (χ3v) is 6.78. The van der Waals surface area contributed by atoms with Crippen LogP contribution in [0.1, 0.15) is 18.2 Å². The maximum atomic E-state index is 11.9. The highest BCUT2D eigenvalue weighted by atomic mass is 35.5. The lowest BCUT2D eigenvalue weighted by Gasteiger charge is -2.15. The highest BCUT2D eigenvalue weighted by Crippen LogP contribution is 2.44. The van der Waals surface area contributed by atoms with Crippen molar-refractivity contribution in [2.45, 2.75) is 19.8 Å². The van der Waals surface area contributed by atoms with Gasteiger partial charge >= 0.3 is 0 Å². The number of hydrogen-bond acceptors (Lipinski definition) is 7. The summed E-state index contributed by atoms with van der Waals surface area (Å²) in [4.78, 5) is 33.4. The Labute approximate surface area is 210 Å². The molecule has 1 aliphatic carbocycles. The lowest BCUT2D eigenvalue weighted by molar-refractivity contribution is -0.119. The molecule has 0 aliphatic heterocycles. The van der Waals surface area contributed by atoms with Crippen molar-refractivity contribution in [3.05, 3.63) is 59.0 Å². The number of halogens is 1. The number of fused-ring (bicyclic) bond motifs is 3. The fraction of sp³-hybridized carbons (Fsp3) is 0.208. The van der Waals surface area contributed by atoms with E-state index in [4.69, 9.17) is 21.4 Å². The maximum Gasteiger partial charge on any atom is 0.250 e. The summed E-state index contributed by atoms with van der Waals surface area (Å²) in [7, 11) is 1.46. The molecule has 5 rings (SSSR count). The van der Waals surface area contributed by atoms with Crippen molar-refractivity contribution in [1.82, 2.24) is 19.7 Å². The molecule has 178 valence electrons. The second-order valence-electron chi connectivity index (χ2n) is 7.95. The molecule has 2 amide bonds. The Morgan fingerprint density at radius 2 is 2.09 bits per heavy atom. The molecule has 0 radical (unpaired) electrons. The van der Waals surface area contributed by atoms with Gasteiger partial charge in [0.05, 0.1) is 32.7 Å². The second kappa shape index (κ2) is 9.57. The van der Waals surface area contributed by atoms with Crippen LogP contribution in [0.3, 0.4) is 0 Å². The van der Waals surface area contributed by atoms with Gasteiger partial charge in [0.1, 0.15) is 6.61 Å². The molecule has 3 heterocycles. The highest BCUT2D eigenvalue weighted by Gasteiger charge is 2.30. The standard InChI is InChI=1S/C24H21ClN6O3S/c1-13(32)27-24-29-18-7-6-16-21(14-4-3-9-26-11-14)30-31(22(16)23(18)35-24)19-8-5-15(10-17(19)25)28-20(33)12-34-2/h3-5,8-11H,6-7,12H2,1-2H3,(H,28,33)(H,27,29,32). The highest BCUT2D eigenvalue weighted by molar-refractivity contribution is 7.19. The Balaban J connectivity index is 1.64. The molecule has 35 heavy (non-hydrogen) atoms. The smallest absolute Gasteiger partial charge is 0.250 e. The summed E-state index contributed by atoms with van der Waals surface area (Å²) in [6, 6.07) is 9.12. The molecule has 11 heteroatoms. The van der Waals surface area contributed by atoms with E-state index < -0.39 is 0 Å². The quantitative estimate of drug-likeness (QED) is 0.400. The zero-order valence-electron chi connectivity index (χ0n) is 19.0. The number of pyridine rings is 1. The number of ether oxygens (including phenoxy) is 1. The van der Waals surface area contributed by atoms with Crippen LogP contribution in [0.5, 0.6) is 0 Å². The first-order valence-corrected chi connectivity index (χ1v) is 12.0. The molecular weight excluding hydrogens is 488 g/mol. The number of rotatable bonds is 6. The lowest BCUT2D eigenvalue weighted by Crippen LogP contribution is -2.17. The number of anilines is 2. The first kappa shape index (κ1) is 23.2. The Morgan fingerprint density at radius 3 is 2.80 bits per heavy atom. The van der Waals surface area contributed by atoms with Crippen LogP contribution in [0.2, 0.25) is 5.02 Å². The number of nitrogens with one attached hydrogen (secondary N) is 2. The van der Waals surface area contributed by atoms with Crippen LogP contribution in [0.15, 0.2) is 42.7 Å². The number of amides is 2. The molecule has 0 saturated carbocycles. The molecule has 0 saturated heterocycles. The summed E-state index contributed by atoms with van der Waals surface area (Å²) in [6.07, 6.45) is 4.98. The normalized spacial score (nSPS) is 12.1. The largest absolute Gasteiger partial charge is 0.375 e. The third kappa shape index (κ3) is 4.55. The zero-order valence-corrected chi connectivity index (χ0v) is 20.5. The summed E-state index contributed by atoms with van der Waals surface area (Å²) < 4.78 is 6.68. The van der Waals surface area contributed by atoms with Gasteiger partial charge in [-0.15, -0.1) is 0 Å². The monoisotopic (exact) mass is 508 g/mol. The molecular formula is C24H21ClN6O3S. The van der Waals surface area contributed by atoms with Gasteiger partial charge in [-0.3, -0.25) is 14.6 Å². The van der Waals surface area contributed by atoms with Crippen LogP contribution < -0.4 is 10.6 Å². The van der Waals surface area contributed by atoms with Crippen molar-refractivity contribution < 1.29 is 14.3 Å². The predicted octanol–water partition coefficient (Wildman–Crippen LogP) is 4.35. The second-order valence-corrected chi connectivity index (χ2v) is 9.36. The summed E-state index contributed by atoms with van der Waals surface area (Å²) >= 11 is 8.11. The number of carbonyl (C=O) groups is 2. The Morgan fingerprint density at radius 1 is 1.23 bits per heavy atom. The van der Waals surface area contributed by atoms with Crippen LogP contribution in [0, 0.1) is 0 Å². The Bertz CT molecular complexity index is 1430. The third-order valence-electron chi connectivity index (χ3n) is 5.46. The van der Waals surface area contributed by atoms with E-state index in [1.54, 1.807) is 24.5 Å². The fourth-order valence-electron chi connectivity index (χ4n) is 4.07. The molecule has 0 atom stereocenters. The van der Waals surface area contributed by atoms with Crippen LogP contribution in [-0.2, 0) is 27.2 Å². The molecule has 2 N–H and O–H groups in total. The van der Waals surface area contributed by atoms with Crippen LogP contribution in [-0.4, -0.2) is 45.3 Å². The maximum absolute atomic E-state index is 11.9. The van der Waals surface area contributed by atoms with Gasteiger partial charge in [0.15, 0.2) is 5.13 Å². The molecule has 0 unspecified atom stereocenters. The average Bonchev–Trinajstić information content (AvgIpc) is 3.40. The molecule has 0 bridgehead atoms. The van der Waals surface area contributed by atoms with Crippen LogP contribution in [0.25, 0.3) is 27.5 Å². The number of aryl methyl sites for hydroxylation is 1. The predicted molar refractivity (Wildman–Crippen MR) is 135 cm³/mol. The van der Waals surface area contributed by atoms with Gasteiger partial charge in [0, 0.05) is 43.2 Å². The van der Waals surface area contributed by atoms with E-state index in [2.05, 4.69) is 20.6 Å². The number of carbonyl (C=O) groups excluding carboxylic acids is 2. The number of thiazole rings is 1. The van der Waals surface area contributed by atoms with Crippen molar-refractivity contribution in [2.24, 2.45) is 0 Å². The van der Waals surface area contributed by atoms with E-state index in [0.717, 1.165) is 45.9 Å². The first-order chi connectivity index (χ1) is 16.9. The lowest BCUT2D eigenvalue weighted by atomic mass is 9.95. The molecule has 3 aromatic heterocycles. The minimum atomic E-state index is -0.272. The summed E-state index contributed by atoms with van der Waals surface area (Å²) in [5.74, 6) is -0.443. The number of hydrogen-bond donors (Lipinski definition) is 2. The fourth-order valence-corrected chi connectivity index (χ4v) is 5.44. The summed E-state index contributed by atoms with van der Waals surface area (Å²) in [5.41, 5.74) is 5.80. The summed E-state index contributed by atoms with van der Waals surface area (Å²) in [5, 5.41) is 11.5. The number of aromatic nitrogens is 4. The number of benzene rings is 1. The topological polar surface area (TPSA) is 111 Å². The van der Waals surface area contributed by atoms with Crippen LogP contribution >= 0.6 is 22.9 Å². The van der Waals surface area contributed by atoms with Crippen molar-refractivity contribution in [3.8, 4) is 27.5 Å². The van der Waals surface area contributed by atoms with Crippen LogP contribution in [0.4, 0.5) is 10.8 Å². The molecule has 0 fully saturated rings. The van der Waals surface area contributed by atoms with E-state index in [0.29, 0.717) is 21.5 Å².